The van der Waals surface area contributed by atoms with E-state index < -0.39 is 5.97 Å². The molecule has 0 saturated heterocycles. The molecule has 0 aliphatic rings. The molecule has 0 unspecified atom stereocenters. The van der Waals surface area contributed by atoms with Gasteiger partial charge in [0.1, 0.15) is 0 Å². The zero-order valence-corrected chi connectivity index (χ0v) is 10.2. The first-order valence-electron chi connectivity index (χ1n) is 5.87. The Labute approximate surface area is 100 Å². The van der Waals surface area contributed by atoms with Crippen molar-refractivity contribution in [3.05, 3.63) is 35.0 Å². The van der Waals surface area contributed by atoms with E-state index >= 15 is 0 Å². The molecule has 0 spiro atoms. The van der Waals surface area contributed by atoms with Crippen LogP contribution in [0.3, 0.4) is 0 Å². The quantitative estimate of drug-likeness (QED) is 0.849. The largest absolute Gasteiger partial charge is 0.481 e. The molecular formula is C14H17NO2. The highest BCUT2D eigenvalue weighted by atomic mass is 16.4. The number of aromatic nitrogens is 1. The second kappa shape index (κ2) is 4.62. The molecule has 90 valence electrons. The summed E-state index contributed by atoms with van der Waals surface area (Å²) in [6, 6.07) is 6.33. The summed E-state index contributed by atoms with van der Waals surface area (Å²) in [5.74, 6) is -0.727. The molecular weight excluding hydrogens is 214 g/mol. The molecule has 0 bridgehead atoms. The van der Waals surface area contributed by atoms with E-state index in [1.165, 1.54) is 16.5 Å². The Morgan fingerprint density at radius 1 is 1.35 bits per heavy atom. The maximum atomic E-state index is 10.5. The average Bonchev–Trinajstić information content (AvgIpc) is 2.56. The van der Waals surface area contributed by atoms with Crippen LogP contribution in [0.4, 0.5) is 0 Å². The molecule has 1 aromatic carbocycles. The van der Waals surface area contributed by atoms with Crippen LogP contribution in [0, 0.1) is 13.8 Å². The maximum Gasteiger partial charge on any atom is 0.303 e. The fourth-order valence-electron chi connectivity index (χ4n) is 2.16. The van der Waals surface area contributed by atoms with Gasteiger partial charge in [-0.2, -0.15) is 0 Å². The van der Waals surface area contributed by atoms with E-state index in [4.69, 9.17) is 5.11 Å². The lowest BCUT2D eigenvalue weighted by atomic mass is 10.1. The summed E-state index contributed by atoms with van der Waals surface area (Å²) < 4.78 is 0. The van der Waals surface area contributed by atoms with E-state index in [9.17, 15) is 4.79 Å². The number of rotatable bonds is 4. The molecule has 17 heavy (non-hydrogen) atoms. The van der Waals surface area contributed by atoms with Gasteiger partial charge in [-0.3, -0.25) is 4.79 Å². The third-order valence-corrected chi connectivity index (χ3v) is 3.13. The lowest BCUT2D eigenvalue weighted by Gasteiger charge is -1.98. The molecule has 0 atom stereocenters. The maximum absolute atomic E-state index is 10.5. The van der Waals surface area contributed by atoms with Crippen molar-refractivity contribution in [3.63, 3.8) is 0 Å². The summed E-state index contributed by atoms with van der Waals surface area (Å²) in [5, 5.41) is 9.87. The molecule has 0 amide bonds. The van der Waals surface area contributed by atoms with Gasteiger partial charge >= 0.3 is 5.97 Å². The molecule has 2 aromatic rings. The van der Waals surface area contributed by atoms with Crippen molar-refractivity contribution in [1.29, 1.82) is 0 Å². The summed E-state index contributed by atoms with van der Waals surface area (Å²) in [6.07, 6.45) is 1.71. The molecule has 3 nitrogen and oxygen atoms in total. The second-order valence-electron chi connectivity index (χ2n) is 4.52. The Bertz CT molecular complexity index is 555. The molecule has 1 aromatic heterocycles. The highest BCUT2D eigenvalue weighted by molar-refractivity contribution is 5.85. The average molecular weight is 231 g/mol. The van der Waals surface area contributed by atoms with Crippen molar-refractivity contribution in [2.75, 3.05) is 0 Å². The fraction of sp³-hybridized carbons (Fsp3) is 0.357. The van der Waals surface area contributed by atoms with E-state index in [0.29, 0.717) is 6.42 Å². The van der Waals surface area contributed by atoms with Gasteiger partial charge in [0, 0.05) is 23.0 Å². The number of carboxylic acids is 1. The molecule has 0 radical (unpaired) electrons. The number of carboxylic acid groups (broad SMARTS) is 1. The van der Waals surface area contributed by atoms with Gasteiger partial charge in [0.2, 0.25) is 0 Å². The third kappa shape index (κ3) is 2.49. The zero-order valence-electron chi connectivity index (χ0n) is 10.2. The molecule has 1 heterocycles. The van der Waals surface area contributed by atoms with Crippen LogP contribution in [0.25, 0.3) is 10.9 Å². The first-order chi connectivity index (χ1) is 8.08. The third-order valence-electron chi connectivity index (χ3n) is 3.13. The number of aromatic amines is 1. The molecule has 0 aliphatic carbocycles. The Morgan fingerprint density at radius 3 is 2.82 bits per heavy atom. The number of hydrogen-bond acceptors (Lipinski definition) is 1. The number of H-pyrrole nitrogens is 1. The van der Waals surface area contributed by atoms with Gasteiger partial charge in [-0.1, -0.05) is 11.6 Å². The lowest BCUT2D eigenvalue weighted by molar-refractivity contribution is -0.137. The first-order valence-corrected chi connectivity index (χ1v) is 5.87. The molecule has 0 saturated carbocycles. The number of aryl methyl sites for hydroxylation is 3. The number of aliphatic carboxylic acids is 1. The molecule has 2 rings (SSSR count). The summed E-state index contributed by atoms with van der Waals surface area (Å²) in [7, 11) is 0. The Morgan fingerprint density at radius 2 is 2.12 bits per heavy atom. The van der Waals surface area contributed by atoms with E-state index in [0.717, 1.165) is 17.6 Å². The van der Waals surface area contributed by atoms with Crippen molar-refractivity contribution >= 4 is 16.9 Å². The predicted molar refractivity (Wildman–Crippen MR) is 68.3 cm³/mol. The van der Waals surface area contributed by atoms with Crippen LogP contribution in [-0.2, 0) is 11.2 Å². The normalized spacial score (nSPS) is 10.9. The van der Waals surface area contributed by atoms with Gasteiger partial charge in [0.25, 0.3) is 0 Å². The number of hydrogen-bond donors (Lipinski definition) is 2. The van der Waals surface area contributed by atoms with Crippen LogP contribution in [-0.4, -0.2) is 16.1 Å². The van der Waals surface area contributed by atoms with Crippen molar-refractivity contribution in [1.82, 2.24) is 4.98 Å². The van der Waals surface area contributed by atoms with E-state index in [2.05, 4.69) is 37.0 Å². The van der Waals surface area contributed by atoms with Crippen LogP contribution in [0.1, 0.15) is 29.7 Å². The predicted octanol–water partition coefficient (Wildman–Crippen LogP) is 3.19. The minimum atomic E-state index is -0.727. The van der Waals surface area contributed by atoms with E-state index in [1.54, 1.807) is 0 Å². The van der Waals surface area contributed by atoms with E-state index in [1.807, 2.05) is 0 Å². The standard InChI is InChI=1S/C14H17NO2/c1-9-6-7-13-11(8-9)10(2)12(15-13)4-3-5-14(16)17/h6-8,15H,3-5H2,1-2H3,(H,16,17). The Kier molecular flexibility index (Phi) is 3.18. The summed E-state index contributed by atoms with van der Waals surface area (Å²) in [4.78, 5) is 13.9. The summed E-state index contributed by atoms with van der Waals surface area (Å²) in [6.45, 7) is 4.17. The van der Waals surface area contributed by atoms with Crippen molar-refractivity contribution in [2.24, 2.45) is 0 Å². The van der Waals surface area contributed by atoms with Gasteiger partial charge in [-0.05, 0) is 44.4 Å². The van der Waals surface area contributed by atoms with Gasteiger partial charge in [-0.25, -0.2) is 0 Å². The highest BCUT2D eigenvalue weighted by Crippen LogP contribution is 2.23. The Balaban J connectivity index is 2.23. The van der Waals surface area contributed by atoms with Gasteiger partial charge in [0.05, 0.1) is 0 Å². The Hall–Kier alpha value is -1.77. The lowest BCUT2D eigenvalue weighted by Crippen LogP contribution is -1.96. The second-order valence-corrected chi connectivity index (χ2v) is 4.52. The molecule has 0 fully saturated rings. The van der Waals surface area contributed by atoms with Crippen LogP contribution >= 0.6 is 0 Å². The van der Waals surface area contributed by atoms with Crippen molar-refractivity contribution in [3.8, 4) is 0 Å². The smallest absolute Gasteiger partial charge is 0.303 e. The minimum Gasteiger partial charge on any atom is -0.481 e. The minimum absolute atomic E-state index is 0.230. The van der Waals surface area contributed by atoms with Crippen molar-refractivity contribution < 1.29 is 9.90 Å². The molecule has 2 N–H and O–H groups in total. The summed E-state index contributed by atoms with van der Waals surface area (Å²) >= 11 is 0. The SMILES string of the molecule is Cc1ccc2[nH]c(CCCC(=O)O)c(C)c2c1. The van der Waals surface area contributed by atoms with Gasteiger partial charge in [-0.15, -0.1) is 0 Å². The molecule has 0 aliphatic heterocycles. The van der Waals surface area contributed by atoms with Crippen LogP contribution in [0.15, 0.2) is 18.2 Å². The van der Waals surface area contributed by atoms with Gasteiger partial charge in [0.15, 0.2) is 0 Å². The first kappa shape index (κ1) is 11.7. The zero-order chi connectivity index (χ0) is 12.4. The topological polar surface area (TPSA) is 53.1 Å². The van der Waals surface area contributed by atoms with Gasteiger partial charge < -0.3 is 10.1 Å². The molecule has 3 heteroatoms. The van der Waals surface area contributed by atoms with Crippen LogP contribution < -0.4 is 0 Å². The number of carbonyl (C=O) groups is 1. The van der Waals surface area contributed by atoms with Crippen molar-refractivity contribution in [2.45, 2.75) is 33.1 Å². The fourth-order valence-corrected chi connectivity index (χ4v) is 2.16. The monoisotopic (exact) mass is 231 g/mol. The van der Waals surface area contributed by atoms with Crippen LogP contribution in [0.5, 0.6) is 0 Å². The number of fused-ring (bicyclic) bond motifs is 1. The number of benzene rings is 1. The summed E-state index contributed by atoms with van der Waals surface area (Å²) in [5.41, 5.74) is 4.79. The van der Waals surface area contributed by atoms with E-state index in [-0.39, 0.29) is 6.42 Å². The number of nitrogens with one attached hydrogen (secondary N) is 1. The highest BCUT2D eigenvalue weighted by Gasteiger charge is 2.08. The van der Waals surface area contributed by atoms with Crippen LogP contribution in [0.2, 0.25) is 0 Å².